The van der Waals surface area contributed by atoms with Crippen molar-refractivity contribution in [2.75, 3.05) is 39.6 Å². The second kappa shape index (κ2) is 63.1. The van der Waals surface area contributed by atoms with E-state index >= 15 is 0 Å². The van der Waals surface area contributed by atoms with E-state index in [2.05, 4.69) is 41.5 Å². The molecule has 0 heterocycles. The molecule has 0 aromatic rings. The zero-order chi connectivity index (χ0) is 66.5. The number of ether oxygens (including phenoxy) is 4. The van der Waals surface area contributed by atoms with Gasteiger partial charge in [-0.3, -0.25) is 37.3 Å². The minimum absolute atomic E-state index is 0.106. The molecule has 0 radical (unpaired) electrons. The monoisotopic (exact) mass is 1320 g/mol. The minimum atomic E-state index is -4.95. The molecule has 0 spiro atoms. The molecule has 0 saturated heterocycles. The van der Waals surface area contributed by atoms with Crippen molar-refractivity contribution in [3.05, 3.63) is 0 Å². The van der Waals surface area contributed by atoms with E-state index in [-0.39, 0.29) is 25.7 Å². The van der Waals surface area contributed by atoms with Gasteiger partial charge in [-0.05, 0) is 37.5 Å². The third-order valence-corrected chi connectivity index (χ3v) is 18.7. The summed E-state index contributed by atoms with van der Waals surface area (Å²) in [7, 11) is -9.90. The summed E-state index contributed by atoms with van der Waals surface area (Å²) in [5, 5.41) is 10.6. The van der Waals surface area contributed by atoms with Crippen molar-refractivity contribution < 1.29 is 80.2 Å². The molecular formula is C71H138O17P2. The molecule has 0 bridgehead atoms. The fourth-order valence-corrected chi connectivity index (χ4v) is 12.3. The van der Waals surface area contributed by atoms with Gasteiger partial charge in [0.25, 0.3) is 0 Å². The lowest BCUT2D eigenvalue weighted by Crippen LogP contribution is -2.30. The highest BCUT2D eigenvalue weighted by Gasteiger charge is 2.30. The van der Waals surface area contributed by atoms with Crippen LogP contribution in [0.4, 0.5) is 0 Å². The van der Waals surface area contributed by atoms with Crippen LogP contribution in [-0.4, -0.2) is 96.7 Å². The van der Waals surface area contributed by atoms with Gasteiger partial charge < -0.3 is 33.8 Å². The highest BCUT2D eigenvalue weighted by molar-refractivity contribution is 7.47. The normalized spacial score (nSPS) is 14.4. The average molecular weight is 1330 g/mol. The van der Waals surface area contributed by atoms with Gasteiger partial charge in [0.1, 0.15) is 19.3 Å². The Labute approximate surface area is 549 Å². The topological polar surface area (TPSA) is 237 Å². The SMILES string of the molecule is CCCCCCCCCCCCCCC(=O)O[C@H](COC(=O)CCCCCCCCCCCCC)COP(=O)(O)OC[C@H](O)COP(=O)(O)OC[C@@H](COC(=O)CCCCCCCCCCCCC(C)C)OC(=O)CCCCCCCCCCCCC(C)CC. The van der Waals surface area contributed by atoms with E-state index in [0.717, 1.165) is 102 Å². The summed E-state index contributed by atoms with van der Waals surface area (Å²) in [4.78, 5) is 72.6. The van der Waals surface area contributed by atoms with Crippen molar-refractivity contribution in [3.8, 4) is 0 Å². The van der Waals surface area contributed by atoms with Crippen LogP contribution >= 0.6 is 15.6 Å². The molecule has 6 atom stereocenters. The summed E-state index contributed by atoms with van der Waals surface area (Å²) in [5.41, 5.74) is 0. The third kappa shape index (κ3) is 63.5. The van der Waals surface area contributed by atoms with Gasteiger partial charge in [-0.25, -0.2) is 9.13 Å². The fraction of sp³-hybridized carbons (Fsp3) is 0.944. The molecule has 0 rings (SSSR count). The van der Waals surface area contributed by atoms with Crippen LogP contribution in [0, 0.1) is 11.8 Å². The molecule has 0 aliphatic heterocycles. The minimum Gasteiger partial charge on any atom is -0.462 e. The second-order valence-corrected chi connectivity index (χ2v) is 29.3. The number of phosphoric acid groups is 2. The van der Waals surface area contributed by atoms with Crippen molar-refractivity contribution in [2.24, 2.45) is 11.8 Å². The number of esters is 4. The number of carbonyl (C=O) groups is 4. The molecule has 0 fully saturated rings. The van der Waals surface area contributed by atoms with Crippen LogP contribution in [0.2, 0.25) is 0 Å². The van der Waals surface area contributed by atoms with Crippen LogP contribution in [0.3, 0.4) is 0 Å². The first-order chi connectivity index (χ1) is 43.4. The van der Waals surface area contributed by atoms with Crippen molar-refractivity contribution in [1.29, 1.82) is 0 Å². The lowest BCUT2D eigenvalue weighted by Gasteiger charge is -2.21. The Kier molecular flexibility index (Phi) is 61.8. The maximum absolute atomic E-state index is 13.0. The van der Waals surface area contributed by atoms with Gasteiger partial charge in [-0.1, -0.05) is 311 Å². The van der Waals surface area contributed by atoms with Gasteiger partial charge in [0.15, 0.2) is 12.2 Å². The van der Waals surface area contributed by atoms with Gasteiger partial charge in [0.05, 0.1) is 26.4 Å². The molecule has 0 aromatic carbocycles. The Morgan fingerprint density at radius 3 is 0.844 bits per heavy atom. The molecule has 0 amide bonds. The Morgan fingerprint density at radius 2 is 0.567 bits per heavy atom. The Balaban J connectivity index is 5.26. The largest absolute Gasteiger partial charge is 0.472 e. The quantitative estimate of drug-likeness (QED) is 0.0222. The van der Waals surface area contributed by atoms with Crippen LogP contribution in [0.25, 0.3) is 0 Å². The van der Waals surface area contributed by atoms with Crippen LogP contribution in [0.5, 0.6) is 0 Å². The maximum Gasteiger partial charge on any atom is 0.472 e. The lowest BCUT2D eigenvalue weighted by molar-refractivity contribution is -0.161. The molecule has 0 aliphatic carbocycles. The van der Waals surface area contributed by atoms with E-state index in [9.17, 15) is 43.2 Å². The predicted octanol–water partition coefficient (Wildman–Crippen LogP) is 20.4. The van der Waals surface area contributed by atoms with E-state index in [1.54, 1.807) is 0 Å². The van der Waals surface area contributed by atoms with Gasteiger partial charge in [-0.2, -0.15) is 0 Å². The van der Waals surface area contributed by atoms with Crippen LogP contribution < -0.4 is 0 Å². The number of phosphoric ester groups is 2. The zero-order valence-corrected chi connectivity index (χ0v) is 60.2. The summed E-state index contributed by atoms with van der Waals surface area (Å²) in [6.45, 7) is 9.58. The summed E-state index contributed by atoms with van der Waals surface area (Å²) < 4.78 is 68.3. The van der Waals surface area contributed by atoms with Crippen molar-refractivity contribution in [1.82, 2.24) is 0 Å². The number of aliphatic hydroxyl groups excluding tert-OH is 1. The Morgan fingerprint density at radius 1 is 0.322 bits per heavy atom. The first-order valence-electron chi connectivity index (χ1n) is 37.0. The number of hydrogen-bond acceptors (Lipinski definition) is 15. The molecule has 0 saturated carbocycles. The van der Waals surface area contributed by atoms with Gasteiger partial charge in [-0.15, -0.1) is 0 Å². The van der Waals surface area contributed by atoms with Gasteiger partial charge in [0, 0.05) is 25.7 Å². The summed E-state index contributed by atoms with van der Waals surface area (Å²) >= 11 is 0. The number of unbranched alkanes of at least 4 members (excludes halogenated alkanes) is 39. The summed E-state index contributed by atoms with van der Waals surface area (Å²) in [5.74, 6) is -0.559. The molecule has 19 heteroatoms. The smallest absolute Gasteiger partial charge is 0.462 e. The molecule has 90 heavy (non-hydrogen) atoms. The van der Waals surface area contributed by atoms with Crippen molar-refractivity contribution >= 4 is 39.5 Å². The highest BCUT2D eigenvalue weighted by atomic mass is 31.2. The first-order valence-corrected chi connectivity index (χ1v) is 40.0. The molecule has 17 nitrogen and oxygen atoms in total. The molecular weight excluding hydrogens is 1190 g/mol. The lowest BCUT2D eigenvalue weighted by atomic mass is 9.99. The molecule has 534 valence electrons. The molecule has 3 unspecified atom stereocenters. The average Bonchev–Trinajstić information content (AvgIpc) is 2.95. The molecule has 3 N–H and O–H groups in total. The van der Waals surface area contributed by atoms with Crippen molar-refractivity contribution in [2.45, 2.75) is 381 Å². The van der Waals surface area contributed by atoms with E-state index in [4.69, 9.17) is 37.0 Å². The van der Waals surface area contributed by atoms with Crippen molar-refractivity contribution in [3.63, 3.8) is 0 Å². The Hall–Kier alpha value is -1.94. The van der Waals surface area contributed by atoms with E-state index in [1.165, 1.54) is 180 Å². The molecule has 0 aromatic heterocycles. The van der Waals surface area contributed by atoms with E-state index in [0.29, 0.717) is 25.7 Å². The van der Waals surface area contributed by atoms with Crippen LogP contribution in [-0.2, 0) is 65.4 Å². The van der Waals surface area contributed by atoms with Crippen LogP contribution in [0.15, 0.2) is 0 Å². The summed E-state index contributed by atoms with van der Waals surface area (Å²) in [6.07, 6.45) is 48.3. The highest BCUT2D eigenvalue weighted by Crippen LogP contribution is 2.45. The second-order valence-electron chi connectivity index (χ2n) is 26.3. The summed E-state index contributed by atoms with van der Waals surface area (Å²) in [6, 6.07) is 0. The first kappa shape index (κ1) is 88.1. The van der Waals surface area contributed by atoms with Gasteiger partial charge in [0.2, 0.25) is 0 Å². The van der Waals surface area contributed by atoms with E-state index < -0.39 is 97.5 Å². The van der Waals surface area contributed by atoms with Crippen LogP contribution in [0.1, 0.15) is 363 Å². The standard InChI is InChI=1S/C71H138O17P2/c1-7-10-12-14-16-18-20-22-31-37-43-49-55-70(75)87-66(59-81-68(73)53-47-41-35-29-21-19-17-15-13-11-8-2)61-85-89(77,78)83-57-65(72)58-84-90(79,80)86-62-67(60-82-69(74)54-48-42-36-30-25-23-27-33-39-45-51-63(4)5)88-71(76)56-50-44-38-32-26-24-28-34-40-46-52-64(6)9-3/h63-67,72H,7-62H2,1-6H3,(H,77,78)(H,79,80)/t64?,65-,66+,67+/m0/s1. The van der Waals surface area contributed by atoms with Gasteiger partial charge >= 0.3 is 39.5 Å². The predicted molar refractivity (Wildman–Crippen MR) is 363 cm³/mol. The molecule has 0 aliphatic rings. The maximum atomic E-state index is 13.0. The number of rotatable bonds is 70. The number of aliphatic hydroxyl groups is 1. The Bertz CT molecular complexity index is 1750. The fourth-order valence-electron chi connectivity index (χ4n) is 10.7. The zero-order valence-electron chi connectivity index (χ0n) is 58.4. The third-order valence-electron chi connectivity index (χ3n) is 16.8. The van der Waals surface area contributed by atoms with E-state index in [1.807, 2.05) is 0 Å². The number of carbonyl (C=O) groups excluding carboxylic acids is 4. The number of hydrogen-bond donors (Lipinski definition) is 3.